The fourth-order valence-corrected chi connectivity index (χ4v) is 2.33. The Morgan fingerprint density at radius 2 is 1.90 bits per heavy atom. The van der Waals surface area contributed by atoms with Gasteiger partial charge in [0.05, 0.1) is 7.11 Å². The average Bonchev–Trinajstić information content (AvgIpc) is 2.53. The van der Waals surface area contributed by atoms with Gasteiger partial charge in [-0.2, -0.15) is 0 Å². The molecule has 0 radical (unpaired) electrons. The summed E-state index contributed by atoms with van der Waals surface area (Å²) in [5, 5.41) is 13.0. The van der Waals surface area contributed by atoms with Crippen molar-refractivity contribution in [2.75, 3.05) is 13.7 Å². The van der Waals surface area contributed by atoms with Gasteiger partial charge in [0.15, 0.2) is 11.5 Å². The van der Waals surface area contributed by atoms with E-state index in [-0.39, 0.29) is 5.75 Å². The molecule has 0 aliphatic carbocycles. The van der Waals surface area contributed by atoms with Gasteiger partial charge in [0.2, 0.25) is 0 Å². The molecular formula is C18H23NO2. The second kappa shape index (κ2) is 7.70. The van der Waals surface area contributed by atoms with Crippen LogP contribution in [0.2, 0.25) is 0 Å². The van der Waals surface area contributed by atoms with Crippen molar-refractivity contribution in [2.45, 2.75) is 25.8 Å². The first-order valence-electron chi connectivity index (χ1n) is 7.32. The predicted octanol–water partition coefficient (Wildman–Crippen LogP) is 3.68. The first-order chi connectivity index (χ1) is 10.2. The highest BCUT2D eigenvalue weighted by molar-refractivity contribution is 5.41. The van der Waals surface area contributed by atoms with E-state index in [1.807, 2.05) is 18.2 Å². The molecule has 0 amide bonds. The molecule has 0 saturated heterocycles. The second-order valence-electron chi connectivity index (χ2n) is 5.28. The zero-order valence-electron chi connectivity index (χ0n) is 12.7. The Labute approximate surface area is 126 Å². The van der Waals surface area contributed by atoms with Gasteiger partial charge in [-0.15, -0.1) is 0 Å². The van der Waals surface area contributed by atoms with E-state index < -0.39 is 0 Å². The summed E-state index contributed by atoms with van der Waals surface area (Å²) in [6.07, 6.45) is 1.10. The van der Waals surface area contributed by atoms with Crippen LogP contribution >= 0.6 is 0 Å². The second-order valence-corrected chi connectivity index (χ2v) is 5.28. The van der Waals surface area contributed by atoms with Crippen LogP contribution in [0.15, 0.2) is 48.5 Å². The van der Waals surface area contributed by atoms with E-state index >= 15 is 0 Å². The number of benzene rings is 2. The molecule has 1 atom stereocenters. The summed E-state index contributed by atoms with van der Waals surface area (Å²) in [5.41, 5.74) is 2.49. The fraction of sp³-hybridized carbons (Fsp3) is 0.333. The molecule has 3 heteroatoms. The van der Waals surface area contributed by atoms with Crippen molar-refractivity contribution in [3.63, 3.8) is 0 Å². The van der Waals surface area contributed by atoms with Crippen molar-refractivity contribution in [2.24, 2.45) is 0 Å². The van der Waals surface area contributed by atoms with Gasteiger partial charge in [0.25, 0.3) is 0 Å². The first-order valence-corrected chi connectivity index (χ1v) is 7.32. The summed E-state index contributed by atoms with van der Waals surface area (Å²) in [6, 6.07) is 16.0. The molecule has 0 spiro atoms. The number of aromatic hydroxyl groups is 1. The molecule has 0 aliphatic heterocycles. The average molecular weight is 285 g/mol. The third-order valence-electron chi connectivity index (χ3n) is 3.70. The molecule has 2 N–H and O–H groups in total. The zero-order chi connectivity index (χ0) is 15.1. The monoisotopic (exact) mass is 285 g/mol. The van der Waals surface area contributed by atoms with E-state index in [1.165, 1.54) is 5.56 Å². The van der Waals surface area contributed by atoms with Crippen LogP contribution in [0.25, 0.3) is 0 Å². The van der Waals surface area contributed by atoms with Gasteiger partial charge in [-0.3, -0.25) is 0 Å². The van der Waals surface area contributed by atoms with Crippen LogP contribution < -0.4 is 10.1 Å². The molecule has 2 rings (SSSR count). The standard InChI is InChI=1S/C18H23NO2/c1-14(16-6-4-3-5-7-16)10-11-19-13-15-8-9-17(20)18(12-15)21-2/h3-9,12,14,19-20H,10-11,13H2,1-2H3. The van der Waals surface area contributed by atoms with Crippen molar-refractivity contribution in [1.29, 1.82) is 0 Å². The van der Waals surface area contributed by atoms with E-state index in [0.717, 1.165) is 25.1 Å². The summed E-state index contributed by atoms with van der Waals surface area (Å²) in [6.45, 7) is 3.98. The lowest BCUT2D eigenvalue weighted by Gasteiger charge is -2.13. The topological polar surface area (TPSA) is 41.5 Å². The summed E-state index contributed by atoms with van der Waals surface area (Å²) >= 11 is 0. The van der Waals surface area contributed by atoms with Crippen LogP contribution in [0.1, 0.15) is 30.4 Å². The summed E-state index contributed by atoms with van der Waals surface area (Å²) < 4.78 is 5.11. The Morgan fingerprint density at radius 1 is 1.14 bits per heavy atom. The van der Waals surface area contributed by atoms with Crippen molar-refractivity contribution in [3.8, 4) is 11.5 Å². The number of phenols is 1. The molecule has 0 fully saturated rings. The third kappa shape index (κ3) is 4.50. The Bertz CT molecular complexity index is 554. The smallest absolute Gasteiger partial charge is 0.160 e. The molecule has 0 bridgehead atoms. The van der Waals surface area contributed by atoms with Gasteiger partial charge in [0, 0.05) is 6.54 Å². The minimum atomic E-state index is 0.180. The molecule has 112 valence electrons. The molecular weight excluding hydrogens is 262 g/mol. The van der Waals surface area contributed by atoms with Crippen LogP contribution in [-0.4, -0.2) is 18.8 Å². The molecule has 21 heavy (non-hydrogen) atoms. The molecule has 0 aromatic heterocycles. The van der Waals surface area contributed by atoms with Crippen LogP contribution in [0.3, 0.4) is 0 Å². The van der Waals surface area contributed by atoms with Crippen LogP contribution in [0.4, 0.5) is 0 Å². The molecule has 1 unspecified atom stereocenters. The number of ether oxygens (including phenoxy) is 1. The number of methoxy groups -OCH3 is 1. The number of hydrogen-bond acceptors (Lipinski definition) is 3. The highest BCUT2D eigenvalue weighted by Crippen LogP contribution is 2.26. The number of phenolic OH excluding ortho intramolecular Hbond substituents is 1. The molecule has 3 nitrogen and oxygen atoms in total. The van der Waals surface area contributed by atoms with Gasteiger partial charge < -0.3 is 15.2 Å². The Kier molecular flexibility index (Phi) is 5.64. The minimum Gasteiger partial charge on any atom is -0.504 e. The van der Waals surface area contributed by atoms with Crippen LogP contribution in [0, 0.1) is 0 Å². The number of rotatable bonds is 7. The lowest BCUT2D eigenvalue weighted by atomic mass is 9.98. The molecule has 0 saturated carbocycles. The lowest BCUT2D eigenvalue weighted by Crippen LogP contribution is -2.16. The molecule has 0 aliphatic rings. The van der Waals surface area contributed by atoms with Crippen molar-refractivity contribution < 1.29 is 9.84 Å². The van der Waals surface area contributed by atoms with E-state index in [9.17, 15) is 5.11 Å². The van der Waals surface area contributed by atoms with Crippen LogP contribution in [-0.2, 0) is 6.54 Å². The maximum Gasteiger partial charge on any atom is 0.160 e. The number of hydrogen-bond donors (Lipinski definition) is 2. The van der Waals surface area contributed by atoms with Gasteiger partial charge in [-0.05, 0) is 42.1 Å². The quantitative estimate of drug-likeness (QED) is 0.762. The Hall–Kier alpha value is -2.00. The maximum absolute atomic E-state index is 9.56. The largest absolute Gasteiger partial charge is 0.504 e. The Morgan fingerprint density at radius 3 is 2.62 bits per heavy atom. The lowest BCUT2D eigenvalue weighted by molar-refractivity contribution is 0.372. The highest BCUT2D eigenvalue weighted by Gasteiger charge is 2.05. The van der Waals surface area contributed by atoms with Crippen LogP contribution in [0.5, 0.6) is 11.5 Å². The molecule has 0 heterocycles. The van der Waals surface area contributed by atoms with Gasteiger partial charge >= 0.3 is 0 Å². The normalized spacial score (nSPS) is 12.1. The Balaban J connectivity index is 1.77. The van der Waals surface area contributed by atoms with E-state index in [4.69, 9.17) is 4.74 Å². The molecule has 2 aromatic carbocycles. The minimum absolute atomic E-state index is 0.180. The van der Waals surface area contributed by atoms with E-state index in [0.29, 0.717) is 11.7 Å². The SMILES string of the molecule is COc1cc(CNCCC(C)c2ccccc2)ccc1O. The maximum atomic E-state index is 9.56. The molecule has 2 aromatic rings. The summed E-state index contributed by atoms with van der Waals surface area (Å²) in [4.78, 5) is 0. The van der Waals surface area contributed by atoms with Crippen molar-refractivity contribution >= 4 is 0 Å². The van der Waals surface area contributed by atoms with E-state index in [1.54, 1.807) is 13.2 Å². The fourth-order valence-electron chi connectivity index (χ4n) is 2.33. The summed E-state index contributed by atoms with van der Waals surface area (Å²) in [5.74, 6) is 1.25. The number of nitrogens with one attached hydrogen (secondary N) is 1. The van der Waals surface area contributed by atoms with E-state index in [2.05, 4.69) is 36.5 Å². The van der Waals surface area contributed by atoms with Gasteiger partial charge in [0.1, 0.15) is 0 Å². The van der Waals surface area contributed by atoms with Gasteiger partial charge in [-0.1, -0.05) is 43.3 Å². The highest BCUT2D eigenvalue weighted by atomic mass is 16.5. The zero-order valence-corrected chi connectivity index (χ0v) is 12.7. The predicted molar refractivity (Wildman–Crippen MR) is 85.8 cm³/mol. The van der Waals surface area contributed by atoms with Crippen molar-refractivity contribution in [3.05, 3.63) is 59.7 Å². The third-order valence-corrected chi connectivity index (χ3v) is 3.70. The van der Waals surface area contributed by atoms with Crippen molar-refractivity contribution in [1.82, 2.24) is 5.32 Å². The van der Waals surface area contributed by atoms with Gasteiger partial charge in [-0.25, -0.2) is 0 Å². The first kappa shape index (κ1) is 15.4. The summed E-state index contributed by atoms with van der Waals surface area (Å²) in [7, 11) is 1.56.